The zero-order chi connectivity index (χ0) is 13.9. The number of Topliss-reactive ketones (excluding diaryl/α,β-unsaturated/α-hetero) is 1. The van der Waals surface area contributed by atoms with Crippen molar-refractivity contribution >= 4 is 5.78 Å². The summed E-state index contributed by atoms with van der Waals surface area (Å²) in [6.45, 7) is 0.294. The van der Waals surface area contributed by atoms with E-state index in [2.05, 4.69) is 4.98 Å². The van der Waals surface area contributed by atoms with Crippen LogP contribution in [0.15, 0.2) is 61.1 Å². The molecule has 0 fully saturated rings. The minimum atomic E-state index is 0.0766. The van der Waals surface area contributed by atoms with Crippen molar-refractivity contribution in [2.45, 2.75) is 6.54 Å². The Bertz CT molecular complexity index is 725. The van der Waals surface area contributed by atoms with Crippen LogP contribution in [0.2, 0.25) is 0 Å². The van der Waals surface area contributed by atoms with Gasteiger partial charge in [-0.1, -0.05) is 30.3 Å². The van der Waals surface area contributed by atoms with Gasteiger partial charge in [0.25, 0.3) is 0 Å². The predicted molar refractivity (Wildman–Crippen MR) is 77.4 cm³/mol. The van der Waals surface area contributed by atoms with Crippen LogP contribution in [-0.4, -0.2) is 19.9 Å². The predicted octanol–water partition coefficient (Wildman–Crippen LogP) is 2.77. The Balaban J connectivity index is 1.88. The van der Waals surface area contributed by atoms with Crippen LogP contribution in [0.3, 0.4) is 0 Å². The van der Waals surface area contributed by atoms with E-state index in [4.69, 9.17) is 0 Å². The van der Waals surface area contributed by atoms with E-state index in [0.29, 0.717) is 12.2 Å². The highest BCUT2D eigenvalue weighted by molar-refractivity contribution is 5.94. The molecule has 0 saturated carbocycles. The van der Waals surface area contributed by atoms with Gasteiger partial charge in [0.15, 0.2) is 5.78 Å². The van der Waals surface area contributed by atoms with Gasteiger partial charge in [-0.05, 0) is 12.1 Å². The fraction of sp³-hybridized carbons (Fsp3) is 0.125. The number of aryl methyl sites for hydroxylation is 1. The summed E-state index contributed by atoms with van der Waals surface area (Å²) in [4.78, 5) is 16.7. The molecule has 3 aromatic rings. The molecule has 0 atom stereocenters. The van der Waals surface area contributed by atoms with Gasteiger partial charge >= 0.3 is 0 Å². The monoisotopic (exact) mass is 265 g/mol. The fourth-order valence-electron chi connectivity index (χ4n) is 2.27. The molecule has 20 heavy (non-hydrogen) atoms. The Hall–Kier alpha value is -2.62. The molecule has 2 heterocycles. The molecule has 0 amide bonds. The van der Waals surface area contributed by atoms with E-state index in [0.717, 1.165) is 11.4 Å². The van der Waals surface area contributed by atoms with Crippen molar-refractivity contribution in [3.8, 4) is 11.4 Å². The van der Waals surface area contributed by atoms with E-state index in [1.807, 2.05) is 71.0 Å². The SMILES string of the molecule is Cn1cccc1C(=O)Cn1ccnc1-c1ccccc1. The van der Waals surface area contributed by atoms with E-state index < -0.39 is 0 Å². The summed E-state index contributed by atoms with van der Waals surface area (Å²) in [6, 6.07) is 13.6. The number of ketones is 1. The molecule has 0 saturated heterocycles. The van der Waals surface area contributed by atoms with Crippen molar-refractivity contribution in [3.05, 3.63) is 66.7 Å². The molecule has 0 unspecified atom stereocenters. The van der Waals surface area contributed by atoms with Crippen LogP contribution < -0.4 is 0 Å². The normalized spacial score (nSPS) is 10.7. The van der Waals surface area contributed by atoms with E-state index in [1.54, 1.807) is 6.20 Å². The molecule has 0 aliphatic heterocycles. The van der Waals surface area contributed by atoms with Crippen LogP contribution in [0.25, 0.3) is 11.4 Å². The first-order valence-electron chi connectivity index (χ1n) is 6.47. The minimum Gasteiger partial charge on any atom is -0.348 e. The number of hydrogen-bond acceptors (Lipinski definition) is 2. The van der Waals surface area contributed by atoms with Crippen LogP contribution in [-0.2, 0) is 13.6 Å². The Morgan fingerprint density at radius 3 is 2.60 bits per heavy atom. The fourth-order valence-corrected chi connectivity index (χ4v) is 2.27. The molecule has 4 heteroatoms. The average Bonchev–Trinajstić information content (AvgIpc) is 3.08. The van der Waals surface area contributed by atoms with Crippen LogP contribution in [0.1, 0.15) is 10.5 Å². The van der Waals surface area contributed by atoms with Crippen molar-refractivity contribution in [3.63, 3.8) is 0 Å². The van der Waals surface area contributed by atoms with Crippen LogP contribution in [0, 0.1) is 0 Å². The lowest BCUT2D eigenvalue weighted by Gasteiger charge is -2.08. The molecular weight excluding hydrogens is 250 g/mol. The zero-order valence-electron chi connectivity index (χ0n) is 11.2. The maximum absolute atomic E-state index is 12.3. The number of rotatable bonds is 4. The Morgan fingerprint density at radius 1 is 1.10 bits per heavy atom. The summed E-state index contributed by atoms with van der Waals surface area (Å²) >= 11 is 0. The molecule has 0 aliphatic carbocycles. The number of imidazole rings is 1. The van der Waals surface area contributed by atoms with Gasteiger partial charge in [0.05, 0.1) is 12.2 Å². The first-order chi connectivity index (χ1) is 9.75. The number of hydrogen-bond donors (Lipinski definition) is 0. The summed E-state index contributed by atoms with van der Waals surface area (Å²) in [6.07, 6.45) is 5.43. The molecule has 100 valence electrons. The van der Waals surface area contributed by atoms with Crippen molar-refractivity contribution < 1.29 is 4.79 Å². The van der Waals surface area contributed by atoms with Crippen LogP contribution in [0.5, 0.6) is 0 Å². The van der Waals surface area contributed by atoms with E-state index in [1.165, 1.54) is 0 Å². The number of aromatic nitrogens is 3. The van der Waals surface area contributed by atoms with Gasteiger partial charge in [0.2, 0.25) is 0 Å². The number of benzene rings is 1. The highest BCUT2D eigenvalue weighted by Gasteiger charge is 2.12. The lowest BCUT2D eigenvalue weighted by Crippen LogP contribution is -2.13. The van der Waals surface area contributed by atoms with Gasteiger partial charge in [-0.3, -0.25) is 4.79 Å². The van der Waals surface area contributed by atoms with Crippen LogP contribution >= 0.6 is 0 Å². The molecule has 0 radical (unpaired) electrons. The van der Waals surface area contributed by atoms with Crippen molar-refractivity contribution in [2.24, 2.45) is 7.05 Å². The summed E-state index contributed by atoms with van der Waals surface area (Å²) < 4.78 is 3.71. The molecule has 3 rings (SSSR count). The Labute approximate surface area is 117 Å². The van der Waals surface area contributed by atoms with Gasteiger partial charge < -0.3 is 9.13 Å². The highest BCUT2D eigenvalue weighted by atomic mass is 16.1. The number of nitrogens with zero attached hydrogens (tertiary/aromatic N) is 3. The molecule has 0 N–H and O–H groups in total. The quantitative estimate of drug-likeness (QED) is 0.680. The van der Waals surface area contributed by atoms with Gasteiger partial charge in [0, 0.05) is 31.2 Å². The molecular formula is C16H15N3O. The molecule has 2 aromatic heterocycles. The Morgan fingerprint density at radius 2 is 1.90 bits per heavy atom. The second kappa shape index (κ2) is 5.17. The summed E-state index contributed by atoms with van der Waals surface area (Å²) in [7, 11) is 1.87. The van der Waals surface area contributed by atoms with Gasteiger partial charge in [-0.25, -0.2) is 4.98 Å². The van der Waals surface area contributed by atoms with Gasteiger partial charge in [-0.15, -0.1) is 0 Å². The van der Waals surface area contributed by atoms with Crippen LogP contribution in [0.4, 0.5) is 0 Å². The molecule has 0 bridgehead atoms. The molecule has 0 aliphatic rings. The molecule has 1 aromatic carbocycles. The molecule has 0 spiro atoms. The zero-order valence-corrected chi connectivity index (χ0v) is 11.2. The second-order valence-corrected chi connectivity index (χ2v) is 4.67. The number of carbonyl (C=O) groups excluding carboxylic acids is 1. The first kappa shape index (κ1) is 12.4. The lowest BCUT2D eigenvalue weighted by atomic mass is 10.2. The maximum Gasteiger partial charge on any atom is 0.198 e. The third kappa shape index (κ3) is 2.28. The first-order valence-corrected chi connectivity index (χ1v) is 6.47. The third-order valence-electron chi connectivity index (χ3n) is 3.29. The summed E-state index contributed by atoms with van der Waals surface area (Å²) in [5, 5.41) is 0. The highest BCUT2D eigenvalue weighted by Crippen LogP contribution is 2.17. The third-order valence-corrected chi connectivity index (χ3v) is 3.29. The maximum atomic E-state index is 12.3. The largest absolute Gasteiger partial charge is 0.348 e. The molecule has 4 nitrogen and oxygen atoms in total. The van der Waals surface area contributed by atoms with Crippen molar-refractivity contribution in [2.75, 3.05) is 0 Å². The minimum absolute atomic E-state index is 0.0766. The van der Waals surface area contributed by atoms with E-state index >= 15 is 0 Å². The van der Waals surface area contributed by atoms with Gasteiger partial charge in [-0.2, -0.15) is 0 Å². The number of carbonyl (C=O) groups is 1. The van der Waals surface area contributed by atoms with Crippen molar-refractivity contribution in [1.82, 2.24) is 14.1 Å². The van der Waals surface area contributed by atoms with Crippen molar-refractivity contribution in [1.29, 1.82) is 0 Å². The average molecular weight is 265 g/mol. The summed E-state index contributed by atoms with van der Waals surface area (Å²) in [5.41, 5.74) is 1.72. The Kier molecular flexibility index (Phi) is 3.21. The topological polar surface area (TPSA) is 39.8 Å². The summed E-state index contributed by atoms with van der Waals surface area (Å²) in [5.74, 6) is 0.890. The standard InChI is InChI=1S/C16H15N3O/c1-18-10-5-8-14(18)15(20)12-19-11-9-17-16(19)13-6-3-2-4-7-13/h2-11H,12H2,1H3. The smallest absolute Gasteiger partial charge is 0.198 e. The second-order valence-electron chi connectivity index (χ2n) is 4.67. The lowest BCUT2D eigenvalue weighted by molar-refractivity contribution is 0.0964. The van der Waals surface area contributed by atoms with Gasteiger partial charge in [0.1, 0.15) is 5.82 Å². The van der Waals surface area contributed by atoms with E-state index in [-0.39, 0.29) is 5.78 Å². The van der Waals surface area contributed by atoms with E-state index in [9.17, 15) is 4.79 Å².